The van der Waals surface area contributed by atoms with Gasteiger partial charge in [-0.25, -0.2) is 13.2 Å². The second-order valence-corrected chi connectivity index (χ2v) is 8.14. The van der Waals surface area contributed by atoms with Crippen molar-refractivity contribution in [2.45, 2.75) is 11.8 Å². The number of hydrogen-bond donors (Lipinski definition) is 1. The van der Waals surface area contributed by atoms with Crippen LogP contribution in [-0.2, 0) is 14.6 Å². The van der Waals surface area contributed by atoms with Crippen molar-refractivity contribution >= 4 is 45.1 Å². The molecule has 0 amide bonds. The molecule has 0 aromatic heterocycles. The van der Waals surface area contributed by atoms with Crippen LogP contribution in [0.3, 0.4) is 0 Å². The summed E-state index contributed by atoms with van der Waals surface area (Å²) in [6.45, 7) is 1.45. The first-order valence-electron chi connectivity index (χ1n) is 6.96. The van der Waals surface area contributed by atoms with Crippen molar-refractivity contribution in [2.75, 3.05) is 6.26 Å². The van der Waals surface area contributed by atoms with Gasteiger partial charge in [0.15, 0.2) is 9.84 Å². The number of rotatable bonds is 5. The van der Waals surface area contributed by atoms with Gasteiger partial charge in [-0.05, 0) is 43.3 Å². The molecule has 0 atom stereocenters. The molecule has 0 saturated carbocycles. The monoisotopic (exact) mass is 400 g/mol. The third-order valence-electron chi connectivity index (χ3n) is 3.24. The van der Waals surface area contributed by atoms with E-state index in [-0.39, 0.29) is 21.2 Å². The number of carboxylic acids is 1. The number of sulfone groups is 1. The van der Waals surface area contributed by atoms with Gasteiger partial charge in [0.25, 0.3) is 0 Å². The molecule has 0 aliphatic carbocycles. The van der Waals surface area contributed by atoms with E-state index in [0.29, 0.717) is 16.3 Å². The van der Waals surface area contributed by atoms with Crippen LogP contribution in [0.1, 0.15) is 12.5 Å². The van der Waals surface area contributed by atoms with Crippen LogP contribution in [0.15, 0.2) is 46.9 Å². The topological polar surface area (TPSA) is 80.7 Å². The highest BCUT2D eigenvalue weighted by Crippen LogP contribution is 2.35. The van der Waals surface area contributed by atoms with Crippen LogP contribution in [0.2, 0.25) is 10.0 Å². The number of carboxylic acid groups (broad SMARTS) is 1. The molecule has 0 heterocycles. The van der Waals surface area contributed by atoms with Crippen molar-refractivity contribution < 1.29 is 23.1 Å². The Morgan fingerprint density at radius 1 is 1.12 bits per heavy atom. The van der Waals surface area contributed by atoms with Gasteiger partial charge in [0, 0.05) is 28.5 Å². The molecule has 0 spiro atoms. The van der Waals surface area contributed by atoms with Crippen LogP contribution in [0, 0.1) is 0 Å². The fourth-order valence-electron chi connectivity index (χ4n) is 1.92. The maximum atomic E-state index is 11.6. The minimum atomic E-state index is -3.39. The molecule has 132 valence electrons. The second kappa shape index (κ2) is 7.47. The Morgan fingerprint density at radius 3 is 2.36 bits per heavy atom. The van der Waals surface area contributed by atoms with Crippen LogP contribution < -0.4 is 4.74 Å². The molecule has 0 radical (unpaired) electrons. The first-order chi connectivity index (χ1) is 11.6. The maximum Gasteiger partial charge on any atom is 0.331 e. The van der Waals surface area contributed by atoms with Gasteiger partial charge in [-0.15, -0.1) is 0 Å². The van der Waals surface area contributed by atoms with Crippen molar-refractivity contribution in [2.24, 2.45) is 0 Å². The molecular weight excluding hydrogens is 387 g/mol. The lowest BCUT2D eigenvalue weighted by molar-refractivity contribution is -0.132. The highest BCUT2D eigenvalue weighted by molar-refractivity contribution is 7.90. The molecule has 0 saturated heterocycles. The minimum Gasteiger partial charge on any atom is -0.478 e. The second-order valence-electron chi connectivity index (χ2n) is 5.28. The lowest BCUT2D eigenvalue weighted by atomic mass is 10.1. The summed E-state index contributed by atoms with van der Waals surface area (Å²) in [5.74, 6) is -0.544. The summed E-state index contributed by atoms with van der Waals surface area (Å²) >= 11 is 12.1. The van der Waals surface area contributed by atoms with Crippen LogP contribution in [-0.4, -0.2) is 25.7 Å². The van der Waals surface area contributed by atoms with Gasteiger partial charge in [-0.2, -0.15) is 0 Å². The molecule has 2 aromatic carbocycles. The van der Waals surface area contributed by atoms with Crippen molar-refractivity contribution in [3.8, 4) is 11.5 Å². The summed E-state index contributed by atoms with van der Waals surface area (Å²) in [5.41, 5.74) is 0.609. The fourth-order valence-corrected chi connectivity index (χ4v) is 3.02. The van der Waals surface area contributed by atoms with Gasteiger partial charge in [0.05, 0.1) is 9.92 Å². The Balaban J connectivity index is 2.45. The van der Waals surface area contributed by atoms with Crippen LogP contribution >= 0.6 is 23.2 Å². The number of ether oxygens (including phenoxy) is 1. The lowest BCUT2D eigenvalue weighted by Gasteiger charge is -2.12. The molecule has 2 rings (SSSR count). The largest absolute Gasteiger partial charge is 0.478 e. The standard InChI is InChI=1S/C17H14Cl2O5S/c1-10(17(20)21)7-11-3-4-12(18)8-16(11)24-15-6-5-13(9-14(15)19)25(2,22)23/h3-9H,1-2H3,(H,20,21)/b10-7+. The first kappa shape index (κ1) is 19.3. The number of hydrogen-bond acceptors (Lipinski definition) is 4. The Morgan fingerprint density at radius 2 is 1.80 bits per heavy atom. The molecule has 0 unspecified atom stereocenters. The normalized spacial score (nSPS) is 12.1. The predicted molar refractivity (Wildman–Crippen MR) is 97.4 cm³/mol. The number of aliphatic carboxylic acids is 1. The highest BCUT2D eigenvalue weighted by Gasteiger charge is 2.13. The molecule has 0 bridgehead atoms. The van der Waals surface area contributed by atoms with E-state index in [1.54, 1.807) is 12.1 Å². The first-order valence-corrected chi connectivity index (χ1v) is 9.61. The van der Waals surface area contributed by atoms with Gasteiger partial charge in [0.1, 0.15) is 11.5 Å². The van der Waals surface area contributed by atoms with E-state index in [1.165, 1.54) is 37.3 Å². The molecule has 0 aliphatic heterocycles. The van der Waals surface area contributed by atoms with Crippen LogP contribution in [0.4, 0.5) is 0 Å². The SMILES string of the molecule is C/C(=C\c1ccc(Cl)cc1Oc1ccc(S(C)(=O)=O)cc1Cl)C(=O)O. The van der Waals surface area contributed by atoms with E-state index in [9.17, 15) is 13.2 Å². The zero-order valence-corrected chi connectivity index (χ0v) is 15.6. The fraction of sp³-hybridized carbons (Fsp3) is 0.118. The van der Waals surface area contributed by atoms with E-state index in [1.807, 2.05) is 0 Å². The highest BCUT2D eigenvalue weighted by atomic mass is 35.5. The smallest absolute Gasteiger partial charge is 0.331 e. The van der Waals surface area contributed by atoms with E-state index >= 15 is 0 Å². The van der Waals surface area contributed by atoms with Gasteiger partial charge < -0.3 is 9.84 Å². The van der Waals surface area contributed by atoms with Crippen molar-refractivity contribution in [1.82, 2.24) is 0 Å². The molecule has 25 heavy (non-hydrogen) atoms. The molecule has 8 heteroatoms. The van der Waals surface area contributed by atoms with Gasteiger partial charge in [0.2, 0.25) is 0 Å². The molecule has 1 N–H and O–H groups in total. The Labute approximate surface area is 155 Å². The zero-order valence-electron chi connectivity index (χ0n) is 13.3. The Bertz CT molecular complexity index is 965. The average Bonchev–Trinajstić information content (AvgIpc) is 2.50. The predicted octanol–water partition coefficient (Wildman–Crippen LogP) is 4.68. The molecule has 5 nitrogen and oxygen atoms in total. The quantitative estimate of drug-likeness (QED) is 0.736. The lowest BCUT2D eigenvalue weighted by Crippen LogP contribution is -1.98. The van der Waals surface area contributed by atoms with Gasteiger partial charge in [-0.3, -0.25) is 0 Å². The molecular formula is C17H14Cl2O5S. The van der Waals surface area contributed by atoms with Crippen molar-refractivity contribution in [3.63, 3.8) is 0 Å². The van der Waals surface area contributed by atoms with Crippen LogP contribution in [0.25, 0.3) is 6.08 Å². The zero-order chi connectivity index (χ0) is 18.8. The summed E-state index contributed by atoms with van der Waals surface area (Å²) in [5, 5.41) is 9.51. The van der Waals surface area contributed by atoms with E-state index in [0.717, 1.165) is 6.26 Å². The molecule has 0 fully saturated rings. The summed E-state index contributed by atoms with van der Waals surface area (Å²) in [4.78, 5) is 11.1. The Kier molecular flexibility index (Phi) is 5.77. The van der Waals surface area contributed by atoms with E-state index in [2.05, 4.69) is 0 Å². The van der Waals surface area contributed by atoms with Crippen molar-refractivity contribution in [1.29, 1.82) is 0 Å². The average molecular weight is 401 g/mol. The van der Waals surface area contributed by atoms with E-state index in [4.69, 9.17) is 33.0 Å². The summed E-state index contributed by atoms with van der Waals surface area (Å²) in [6.07, 6.45) is 2.51. The third-order valence-corrected chi connectivity index (χ3v) is 4.88. The number of carbonyl (C=O) groups is 1. The maximum absolute atomic E-state index is 11.6. The molecule has 2 aromatic rings. The number of halogens is 2. The summed E-state index contributed by atoms with van der Waals surface area (Å²) in [7, 11) is -3.39. The van der Waals surface area contributed by atoms with Crippen LogP contribution in [0.5, 0.6) is 11.5 Å². The number of benzene rings is 2. The Hall–Kier alpha value is -2.02. The third kappa shape index (κ3) is 4.98. The van der Waals surface area contributed by atoms with Gasteiger partial charge in [-0.1, -0.05) is 23.2 Å². The summed E-state index contributed by atoms with van der Waals surface area (Å²) in [6, 6.07) is 8.82. The van der Waals surface area contributed by atoms with Gasteiger partial charge >= 0.3 is 5.97 Å². The molecule has 0 aliphatic rings. The van der Waals surface area contributed by atoms with Crippen molar-refractivity contribution in [3.05, 3.63) is 57.6 Å². The van der Waals surface area contributed by atoms with E-state index < -0.39 is 15.8 Å². The minimum absolute atomic E-state index is 0.0674. The summed E-state index contributed by atoms with van der Waals surface area (Å²) < 4.78 is 28.8.